The number of nitrogens with one attached hydrogen (secondary N) is 1. The molecule has 0 aromatic heterocycles. The van der Waals surface area contributed by atoms with Crippen LogP contribution in [0.4, 0.5) is 5.69 Å². The third-order valence-electron chi connectivity index (χ3n) is 3.18. The van der Waals surface area contributed by atoms with Gasteiger partial charge in [-0.1, -0.05) is 31.5 Å². The Morgan fingerprint density at radius 3 is 2.55 bits per heavy atom. The molecule has 2 rings (SSSR count). The van der Waals surface area contributed by atoms with Crippen LogP contribution in [0.15, 0.2) is 42.7 Å². The summed E-state index contributed by atoms with van der Waals surface area (Å²) < 4.78 is 0. The minimum atomic E-state index is -0.779. The second-order valence-electron chi connectivity index (χ2n) is 5.30. The molecule has 0 amide bonds. The minimum absolute atomic E-state index is 0.148. The molecular weight excluding hydrogens is 278 g/mol. The fraction of sp³-hybridized carbons (Fsp3) is 0.471. The quantitative estimate of drug-likeness (QED) is 0.811. The van der Waals surface area contributed by atoms with Gasteiger partial charge in [0.15, 0.2) is 0 Å². The predicted molar refractivity (Wildman–Crippen MR) is 90.6 cm³/mol. The number of hydrogen-bond acceptors (Lipinski definition) is 4. The molecule has 0 atom stereocenters. The Hall–Kier alpha value is -2.17. The van der Waals surface area contributed by atoms with E-state index >= 15 is 0 Å². The van der Waals surface area contributed by atoms with Gasteiger partial charge in [-0.2, -0.15) is 0 Å². The van der Waals surface area contributed by atoms with Gasteiger partial charge in [0.25, 0.3) is 0 Å². The van der Waals surface area contributed by atoms with Crippen LogP contribution in [0.25, 0.3) is 0 Å². The van der Waals surface area contributed by atoms with Crippen molar-refractivity contribution < 1.29 is 9.90 Å². The van der Waals surface area contributed by atoms with Crippen LogP contribution in [0, 0.1) is 0 Å². The molecule has 5 heteroatoms. The first-order valence-electron chi connectivity index (χ1n) is 7.75. The molecule has 122 valence electrons. The first kappa shape index (κ1) is 17.9. The van der Waals surface area contributed by atoms with E-state index in [1.54, 1.807) is 0 Å². The second kappa shape index (κ2) is 10.5. The Balaban J connectivity index is 0.000000224. The van der Waals surface area contributed by atoms with Gasteiger partial charge >= 0.3 is 5.97 Å². The molecule has 0 fully saturated rings. The first-order valence-corrected chi connectivity index (χ1v) is 7.75. The van der Waals surface area contributed by atoms with E-state index in [9.17, 15) is 4.79 Å². The van der Waals surface area contributed by atoms with Crippen molar-refractivity contribution in [3.63, 3.8) is 0 Å². The van der Waals surface area contributed by atoms with Crippen molar-refractivity contribution in [3.05, 3.63) is 42.7 Å². The number of aliphatic carboxylic acids is 1. The lowest BCUT2D eigenvalue weighted by Crippen LogP contribution is -2.23. The summed E-state index contributed by atoms with van der Waals surface area (Å²) in [6, 6.07) is 9.54. The maximum absolute atomic E-state index is 10.1. The Morgan fingerprint density at radius 2 is 2.00 bits per heavy atom. The SMILES string of the molecule is CCCCN1C=CN(C)C1.O=C(O)CCNc1ccccc1. The van der Waals surface area contributed by atoms with E-state index in [4.69, 9.17) is 5.11 Å². The number of anilines is 1. The summed E-state index contributed by atoms with van der Waals surface area (Å²) in [6.07, 6.45) is 7.02. The number of carboxylic acids is 1. The van der Waals surface area contributed by atoms with Crippen molar-refractivity contribution in [2.24, 2.45) is 0 Å². The molecule has 0 bridgehead atoms. The van der Waals surface area contributed by atoms with Gasteiger partial charge in [-0.15, -0.1) is 0 Å². The van der Waals surface area contributed by atoms with Crippen LogP contribution in [-0.2, 0) is 4.79 Å². The van der Waals surface area contributed by atoms with E-state index in [0.29, 0.717) is 6.54 Å². The van der Waals surface area contributed by atoms with Gasteiger partial charge in [-0.25, -0.2) is 0 Å². The van der Waals surface area contributed by atoms with Crippen LogP contribution in [0.5, 0.6) is 0 Å². The zero-order valence-electron chi connectivity index (χ0n) is 13.5. The average molecular weight is 305 g/mol. The lowest BCUT2D eigenvalue weighted by Gasteiger charge is -2.17. The number of rotatable bonds is 7. The summed E-state index contributed by atoms with van der Waals surface area (Å²) in [5.74, 6) is -0.779. The lowest BCUT2D eigenvalue weighted by molar-refractivity contribution is -0.136. The fourth-order valence-corrected chi connectivity index (χ4v) is 1.97. The molecule has 1 aromatic rings. The molecule has 1 aliphatic rings. The monoisotopic (exact) mass is 305 g/mol. The lowest BCUT2D eigenvalue weighted by atomic mass is 10.3. The van der Waals surface area contributed by atoms with Crippen LogP contribution in [0.2, 0.25) is 0 Å². The van der Waals surface area contributed by atoms with Crippen molar-refractivity contribution >= 4 is 11.7 Å². The molecule has 1 aliphatic heterocycles. The molecular formula is C17H27N3O2. The number of unbranched alkanes of at least 4 members (excludes halogenated alkanes) is 1. The average Bonchev–Trinajstić information content (AvgIpc) is 2.92. The summed E-state index contributed by atoms with van der Waals surface area (Å²) in [4.78, 5) is 14.7. The standard InChI is InChI=1S/C9H11NO2.C8H16N2/c11-9(12)6-7-10-8-4-2-1-3-5-8;1-3-4-5-10-7-6-9(2)8-10/h1-5,10H,6-7H2,(H,11,12);6-7H,3-5,8H2,1-2H3. The number of carboxylic acid groups (broad SMARTS) is 1. The molecule has 1 aromatic carbocycles. The smallest absolute Gasteiger partial charge is 0.305 e. The minimum Gasteiger partial charge on any atom is -0.481 e. The van der Waals surface area contributed by atoms with Crippen LogP contribution in [-0.4, -0.2) is 47.7 Å². The number of carbonyl (C=O) groups is 1. The van der Waals surface area contributed by atoms with E-state index in [-0.39, 0.29) is 6.42 Å². The molecule has 0 saturated heterocycles. The van der Waals surface area contributed by atoms with Gasteiger partial charge in [0.05, 0.1) is 13.1 Å². The summed E-state index contributed by atoms with van der Waals surface area (Å²) in [5.41, 5.74) is 0.957. The molecule has 2 N–H and O–H groups in total. The maximum Gasteiger partial charge on any atom is 0.305 e. The summed E-state index contributed by atoms with van der Waals surface area (Å²) >= 11 is 0. The van der Waals surface area contributed by atoms with Crippen molar-refractivity contribution in [3.8, 4) is 0 Å². The van der Waals surface area contributed by atoms with E-state index in [1.165, 1.54) is 19.4 Å². The summed E-state index contributed by atoms with van der Waals surface area (Å²) in [7, 11) is 2.10. The van der Waals surface area contributed by atoms with Crippen molar-refractivity contribution in [2.75, 3.05) is 32.1 Å². The van der Waals surface area contributed by atoms with E-state index in [0.717, 1.165) is 12.4 Å². The molecule has 22 heavy (non-hydrogen) atoms. The second-order valence-corrected chi connectivity index (χ2v) is 5.30. The van der Waals surface area contributed by atoms with Gasteiger partial charge in [-0.3, -0.25) is 4.79 Å². The first-order chi connectivity index (χ1) is 10.6. The zero-order valence-corrected chi connectivity index (χ0v) is 13.5. The third-order valence-corrected chi connectivity index (χ3v) is 3.18. The molecule has 0 unspecified atom stereocenters. The van der Waals surface area contributed by atoms with Crippen LogP contribution in [0.3, 0.4) is 0 Å². The highest BCUT2D eigenvalue weighted by molar-refractivity contribution is 5.67. The Kier molecular flexibility index (Phi) is 8.57. The van der Waals surface area contributed by atoms with Gasteiger partial charge < -0.3 is 20.2 Å². The highest BCUT2D eigenvalue weighted by atomic mass is 16.4. The highest BCUT2D eigenvalue weighted by Gasteiger charge is 2.05. The van der Waals surface area contributed by atoms with E-state index in [1.807, 2.05) is 30.3 Å². The largest absolute Gasteiger partial charge is 0.481 e. The van der Waals surface area contributed by atoms with Crippen molar-refractivity contribution in [1.82, 2.24) is 9.80 Å². The molecule has 0 spiro atoms. The topological polar surface area (TPSA) is 55.8 Å². The van der Waals surface area contributed by atoms with Gasteiger partial charge in [0, 0.05) is 38.2 Å². The summed E-state index contributed by atoms with van der Waals surface area (Å²) in [5, 5.41) is 11.3. The number of benzene rings is 1. The predicted octanol–water partition coefficient (Wildman–Crippen LogP) is 3.04. The number of para-hydroxylation sites is 1. The molecule has 0 radical (unpaired) electrons. The van der Waals surface area contributed by atoms with Crippen LogP contribution < -0.4 is 5.32 Å². The third kappa shape index (κ3) is 8.19. The van der Waals surface area contributed by atoms with E-state index < -0.39 is 5.97 Å². The van der Waals surface area contributed by atoms with Crippen molar-refractivity contribution in [1.29, 1.82) is 0 Å². The fourth-order valence-electron chi connectivity index (χ4n) is 1.97. The van der Waals surface area contributed by atoms with Gasteiger partial charge in [0.2, 0.25) is 0 Å². The van der Waals surface area contributed by atoms with Gasteiger partial charge in [0.1, 0.15) is 0 Å². The number of hydrogen-bond donors (Lipinski definition) is 2. The molecule has 0 aliphatic carbocycles. The van der Waals surface area contributed by atoms with Crippen molar-refractivity contribution in [2.45, 2.75) is 26.2 Å². The zero-order chi connectivity index (χ0) is 16.2. The summed E-state index contributed by atoms with van der Waals surface area (Å²) in [6.45, 7) is 4.97. The maximum atomic E-state index is 10.1. The molecule has 5 nitrogen and oxygen atoms in total. The Labute approximate surface area is 133 Å². The molecule has 1 heterocycles. The van der Waals surface area contributed by atoms with Crippen LogP contribution in [0.1, 0.15) is 26.2 Å². The van der Waals surface area contributed by atoms with Crippen LogP contribution >= 0.6 is 0 Å². The van der Waals surface area contributed by atoms with Gasteiger partial charge in [-0.05, 0) is 18.6 Å². The normalized spacial score (nSPS) is 12.8. The highest BCUT2D eigenvalue weighted by Crippen LogP contribution is 2.05. The Bertz CT molecular complexity index is 448. The van der Waals surface area contributed by atoms with E-state index in [2.05, 4.69) is 41.5 Å². The number of nitrogens with zero attached hydrogens (tertiary/aromatic N) is 2. The molecule has 0 saturated carbocycles. The Morgan fingerprint density at radius 1 is 1.27 bits per heavy atom.